The third-order valence-corrected chi connectivity index (χ3v) is 2.81. The number of benzene rings is 2. The fourth-order valence-electron chi connectivity index (χ4n) is 1.91. The molecule has 0 atom stereocenters. The van der Waals surface area contributed by atoms with Gasteiger partial charge in [0.1, 0.15) is 5.76 Å². The molecule has 2 aromatic carbocycles. The van der Waals surface area contributed by atoms with Crippen molar-refractivity contribution >= 4 is 28.3 Å². The number of carbonyl (C=O) groups is 2. The summed E-state index contributed by atoms with van der Waals surface area (Å²) in [5.74, 6) is -2.10. The van der Waals surface area contributed by atoms with Crippen LogP contribution < -0.4 is 0 Å². The molecule has 0 aliphatic carbocycles. The largest absolute Gasteiger partial charge is 0.507 e. The predicted octanol–water partition coefficient (Wildman–Crippen LogP) is 2.87. The van der Waals surface area contributed by atoms with Gasteiger partial charge in [-0.25, -0.2) is 4.79 Å². The van der Waals surface area contributed by atoms with Crippen LogP contribution in [0.4, 0.5) is 0 Å². The summed E-state index contributed by atoms with van der Waals surface area (Å²) < 4.78 is 4.58. The van der Waals surface area contributed by atoms with Crippen LogP contribution >= 0.6 is 0 Å². The first-order valence-corrected chi connectivity index (χ1v) is 6.23. The van der Waals surface area contributed by atoms with Gasteiger partial charge in [-0.15, -0.1) is 0 Å². The van der Waals surface area contributed by atoms with E-state index < -0.39 is 11.8 Å². The number of aliphatic hydroxyl groups excluding tert-OH is 1. The third-order valence-electron chi connectivity index (χ3n) is 2.81. The van der Waals surface area contributed by atoms with Crippen molar-refractivity contribution in [3.05, 3.63) is 54.1 Å². The highest BCUT2D eigenvalue weighted by atomic mass is 16.5. The lowest BCUT2D eigenvalue weighted by Crippen LogP contribution is -2.15. The second-order valence-corrected chi connectivity index (χ2v) is 4.14. The van der Waals surface area contributed by atoms with Gasteiger partial charge in [0.25, 0.3) is 5.78 Å². The van der Waals surface area contributed by atoms with Gasteiger partial charge in [-0.2, -0.15) is 0 Å². The van der Waals surface area contributed by atoms with Crippen molar-refractivity contribution in [2.45, 2.75) is 6.92 Å². The van der Waals surface area contributed by atoms with Crippen LogP contribution in [0.25, 0.3) is 16.5 Å². The zero-order valence-electron chi connectivity index (χ0n) is 11.0. The van der Waals surface area contributed by atoms with Crippen molar-refractivity contribution in [2.75, 3.05) is 6.61 Å². The molecule has 4 nitrogen and oxygen atoms in total. The standard InChI is InChI=1S/C16H14O4/c1-2-20-16(19)15(18)10-14(17)13-9-5-7-11-6-3-4-8-12(11)13/h3-10,17H,2H2,1H3. The molecule has 0 spiro atoms. The molecule has 0 bridgehead atoms. The summed E-state index contributed by atoms with van der Waals surface area (Å²) in [5.41, 5.74) is 0.501. The second kappa shape index (κ2) is 6.02. The molecule has 102 valence electrons. The maximum Gasteiger partial charge on any atom is 0.379 e. The van der Waals surface area contributed by atoms with E-state index in [1.54, 1.807) is 19.1 Å². The summed E-state index contributed by atoms with van der Waals surface area (Å²) in [6.45, 7) is 1.73. The first-order chi connectivity index (χ1) is 9.63. The fourth-order valence-corrected chi connectivity index (χ4v) is 1.91. The number of ketones is 1. The van der Waals surface area contributed by atoms with Crippen molar-refractivity contribution in [1.82, 2.24) is 0 Å². The van der Waals surface area contributed by atoms with Crippen LogP contribution in [0.1, 0.15) is 12.5 Å². The summed E-state index contributed by atoms with van der Waals surface area (Å²) in [7, 11) is 0. The summed E-state index contributed by atoms with van der Waals surface area (Å²) in [4.78, 5) is 22.8. The van der Waals surface area contributed by atoms with E-state index in [0.29, 0.717) is 5.56 Å². The molecule has 2 aromatic rings. The predicted molar refractivity (Wildman–Crippen MR) is 76.2 cm³/mol. The number of hydrogen-bond acceptors (Lipinski definition) is 4. The molecule has 0 aliphatic rings. The quantitative estimate of drug-likeness (QED) is 0.401. The number of ether oxygens (including phenoxy) is 1. The Kier molecular flexibility index (Phi) is 4.15. The molecule has 0 heterocycles. The maximum absolute atomic E-state index is 11.5. The van der Waals surface area contributed by atoms with Gasteiger partial charge in [0, 0.05) is 11.6 Å². The molecule has 0 radical (unpaired) electrons. The molecular formula is C16H14O4. The number of carbonyl (C=O) groups excluding carboxylic acids is 2. The van der Waals surface area contributed by atoms with E-state index >= 15 is 0 Å². The van der Waals surface area contributed by atoms with Crippen molar-refractivity contribution < 1.29 is 19.4 Å². The average molecular weight is 270 g/mol. The van der Waals surface area contributed by atoms with Gasteiger partial charge in [-0.05, 0) is 17.7 Å². The van der Waals surface area contributed by atoms with Gasteiger partial charge in [-0.1, -0.05) is 42.5 Å². The Hall–Kier alpha value is -2.62. The molecule has 0 saturated heterocycles. The molecular weight excluding hydrogens is 256 g/mol. The van der Waals surface area contributed by atoms with E-state index in [1.807, 2.05) is 30.3 Å². The highest BCUT2D eigenvalue weighted by Crippen LogP contribution is 2.23. The van der Waals surface area contributed by atoms with Crippen LogP contribution in [-0.4, -0.2) is 23.5 Å². The SMILES string of the molecule is CCOC(=O)C(=O)C=C(O)c1cccc2ccccc12. The highest BCUT2D eigenvalue weighted by Gasteiger charge is 2.14. The van der Waals surface area contributed by atoms with Crippen LogP contribution in [0.5, 0.6) is 0 Å². The minimum atomic E-state index is -0.973. The van der Waals surface area contributed by atoms with Crippen molar-refractivity contribution in [3.63, 3.8) is 0 Å². The third kappa shape index (κ3) is 2.85. The van der Waals surface area contributed by atoms with Crippen molar-refractivity contribution in [1.29, 1.82) is 0 Å². The van der Waals surface area contributed by atoms with Gasteiger partial charge in [0.15, 0.2) is 0 Å². The normalized spacial score (nSPS) is 11.3. The van der Waals surface area contributed by atoms with E-state index in [-0.39, 0.29) is 12.4 Å². The van der Waals surface area contributed by atoms with E-state index in [9.17, 15) is 14.7 Å². The first kappa shape index (κ1) is 13.8. The van der Waals surface area contributed by atoms with Crippen LogP contribution in [0.3, 0.4) is 0 Å². The van der Waals surface area contributed by atoms with Crippen LogP contribution in [0.15, 0.2) is 48.5 Å². The molecule has 0 amide bonds. The summed E-state index contributed by atoms with van der Waals surface area (Å²) in [5, 5.41) is 11.8. The molecule has 1 N–H and O–H groups in total. The summed E-state index contributed by atoms with van der Waals surface area (Å²) in [6.07, 6.45) is 0.889. The Bertz CT molecular complexity index is 680. The summed E-state index contributed by atoms with van der Waals surface area (Å²) in [6, 6.07) is 12.8. The summed E-state index contributed by atoms with van der Waals surface area (Å²) >= 11 is 0. The Balaban J connectivity index is 2.38. The number of fused-ring (bicyclic) bond motifs is 1. The Labute approximate surface area is 116 Å². The lowest BCUT2D eigenvalue weighted by atomic mass is 10.0. The van der Waals surface area contributed by atoms with Gasteiger partial charge in [-0.3, -0.25) is 4.79 Å². The second-order valence-electron chi connectivity index (χ2n) is 4.14. The molecule has 0 saturated carbocycles. The monoisotopic (exact) mass is 270 g/mol. The number of aliphatic hydroxyl groups is 1. The molecule has 20 heavy (non-hydrogen) atoms. The van der Waals surface area contributed by atoms with Crippen molar-refractivity contribution in [3.8, 4) is 0 Å². The number of esters is 1. The van der Waals surface area contributed by atoms with Gasteiger partial charge >= 0.3 is 5.97 Å². The number of rotatable bonds is 4. The topological polar surface area (TPSA) is 63.6 Å². The van der Waals surface area contributed by atoms with Crippen LogP contribution in [-0.2, 0) is 14.3 Å². The fraction of sp³-hybridized carbons (Fsp3) is 0.125. The smallest absolute Gasteiger partial charge is 0.379 e. The van der Waals surface area contributed by atoms with Crippen molar-refractivity contribution in [2.24, 2.45) is 0 Å². The van der Waals surface area contributed by atoms with E-state index in [4.69, 9.17) is 0 Å². The Morgan fingerprint density at radius 3 is 2.60 bits per heavy atom. The Morgan fingerprint density at radius 1 is 1.15 bits per heavy atom. The lowest BCUT2D eigenvalue weighted by Gasteiger charge is -2.05. The zero-order valence-corrected chi connectivity index (χ0v) is 11.0. The molecule has 0 fully saturated rings. The van der Waals surface area contributed by atoms with Gasteiger partial charge in [0.2, 0.25) is 0 Å². The van der Waals surface area contributed by atoms with E-state index in [0.717, 1.165) is 16.8 Å². The molecule has 0 aliphatic heterocycles. The van der Waals surface area contributed by atoms with Gasteiger partial charge in [0.05, 0.1) is 6.61 Å². The van der Waals surface area contributed by atoms with Crippen LogP contribution in [0.2, 0.25) is 0 Å². The molecule has 0 unspecified atom stereocenters. The maximum atomic E-state index is 11.5. The van der Waals surface area contributed by atoms with E-state index in [1.165, 1.54) is 0 Å². The van der Waals surface area contributed by atoms with E-state index in [2.05, 4.69) is 4.74 Å². The average Bonchev–Trinajstić information content (AvgIpc) is 2.46. The first-order valence-electron chi connectivity index (χ1n) is 6.23. The highest BCUT2D eigenvalue weighted by molar-refractivity contribution is 6.39. The lowest BCUT2D eigenvalue weighted by molar-refractivity contribution is -0.151. The minimum Gasteiger partial charge on any atom is -0.507 e. The Morgan fingerprint density at radius 2 is 1.85 bits per heavy atom. The molecule has 4 heteroatoms. The van der Waals surface area contributed by atoms with Crippen LogP contribution in [0, 0.1) is 0 Å². The van der Waals surface area contributed by atoms with Gasteiger partial charge < -0.3 is 9.84 Å². The number of hydrogen-bond donors (Lipinski definition) is 1. The molecule has 2 rings (SSSR count). The zero-order chi connectivity index (χ0) is 14.5. The molecule has 0 aromatic heterocycles. The minimum absolute atomic E-state index is 0.118.